The highest BCUT2D eigenvalue weighted by Gasteiger charge is 2.34. The van der Waals surface area contributed by atoms with E-state index in [-0.39, 0.29) is 36.9 Å². The zero-order chi connectivity index (χ0) is 32.8. The summed E-state index contributed by atoms with van der Waals surface area (Å²) in [4.78, 5) is 31.4. The molecule has 0 bridgehead atoms. The maximum atomic E-state index is 14.0. The standard InChI is InChI=1S/C34H41Cl2N5O4S/c1-3-41(46(2,44)45)23-32(28-10-6-7-11-29(28)36)39-16-18-40(19-17-39)34(43)31(20-24-12-14-26(35)15-13-24)38-33(42)21-30-27-9-5-4-8-25(27)22-37-30/h4-15,30-32,37H,3,16-23H2,1-2H3,(H,38,42). The third-order valence-corrected chi connectivity index (χ3v) is 10.8. The molecule has 3 aromatic carbocycles. The quantitative estimate of drug-likeness (QED) is 0.293. The van der Waals surface area contributed by atoms with Gasteiger partial charge in [-0.3, -0.25) is 14.5 Å². The van der Waals surface area contributed by atoms with Gasteiger partial charge in [0.05, 0.1) is 12.3 Å². The van der Waals surface area contributed by atoms with E-state index in [0.29, 0.717) is 55.7 Å². The van der Waals surface area contributed by atoms with Crippen LogP contribution in [-0.2, 0) is 32.6 Å². The lowest BCUT2D eigenvalue weighted by Gasteiger charge is -2.41. The van der Waals surface area contributed by atoms with Crippen molar-refractivity contribution in [3.05, 3.63) is 105 Å². The Morgan fingerprint density at radius 2 is 1.65 bits per heavy atom. The molecule has 3 aromatic rings. The van der Waals surface area contributed by atoms with Crippen molar-refractivity contribution in [3.63, 3.8) is 0 Å². The van der Waals surface area contributed by atoms with Crippen LogP contribution in [0.1, 0.15) is 47.7 Å². The molecule has 12 heteroatoms. The predicted octanol–water partition coefficient (Wildman–Crippen LogP) is 4.42. The van der Waals surface area contributed by atoms with Crippen LogP contribution in [0.4, 0.5) is 0 Å². The summed E-state index contributed by atoms with van der Waals surface area (Å²) < 4.78 is 26.5. The zero-order valence-corrected chi connectivity index (χ0v) is 28.5. The molecule has 46 heavy (non-hydrogen) atoms. The molecule has 2 amide bonds. The molecule has 0 aromatic heterocycles. The number of nitrogens with zero attached hydrogens (tertiary/aromatic N) is 3. The monoisotopic (exact) mass is 685 g/mol. The van der Waals surface area contributed by atoms with Crippen LogP contribution < -0.4 is 10.6 Å². The van der Waals surface area contributed by atoms with Crippen molar-refractivity contribution in [2.75, 3.05) is 45.5 Å². The molecule has 1 saturated heterocycles. The molecule has 5 rings (SSSR count). The number of amides is 2. The number of fused-ring (bicyclic) bond motifs is 1. The van der Waals surface area contributed by atoms with Crippen LogP contribution >= 0.6 is 23.2 Å². The Morgan fingerprint density at radius 3 is 2.33 bits per heavy atom. The Kier molecular flexibility index (Phi) is 11.4. The minimum Gasteiger partial charge on any atom is -0.344 e. The molecule has 0 aliphatic carbocycles. The number of sulfonamides is 1. The van der Waals surface area contributed by atoms with Gasteiger partial charge in [-0.05, 0) is 40.5 Å². The largest absolute Gasteiger partial charge is 0.344 e. The second kappa shape index (κ2) is 15.3. The average molecular weight is 687 g/mol. The highest BCUT2D eigenvalue weighted by Crippen LogP contribution is 2.31. The predicted molar refractivity (Wildman–Crippen MR) is 182 cm³/mol. The van der Waals surface area contributed by atoms with Gasteiger partial charge in [0.25, 0.3) is 0 Å². The van der Waals surface area contributed by atoms with Crippen molar-refractivity contribution >= 4 is 45.0 Å². The Labute approximate surface area is 281 Å². The van der Waals surface area contributed by atoms with Gasteiger partial charge in [0, 0.05) is 74.7 Å². The number of piperazine rings is 1. The Hall–Kier alpha value is -2.99. The van der Waals surface area contributed by atoms with Crippen LogP contribution in [0.2, 0.25) is 10.0 Å². The first kappa shape index (κ1) is 34.3. The lowest BCUT2D eigenvalue weighted by molar-refractivity contribution is -0.138. The van der Waals surface area contributed by atoms with Gasteiger partial charge in [0.2, 0.25) is 21.8 Å². The van der Waals surface area contributed by atoms with Gasteiger partial charge in [-0.2, -0.15) is 0 Å². The Bertz CT molecular complexity index is 1630. The Morgan fingerprint density at radius 1 is 0.978 bits per heavy atom. The van der Waals surface area contributed by atoms with Crippen molar-refractivity contribution in [1.82, 2.24) is 24.7 Å². The van der Waals surface area contributed by atoms with Crippen LogP contribution in [0, 0.1) is 0 Å². The Balaban J connectivity index is 1.30. The molecule has 0 saturated carbocycles. The highest BCUT2D eigenvalue weighted by molar-refractivity contribution is 7.88. The summed E-state index contributed by atoms with van der Waals surface area (Å²) in [5.41, 5.74) is 4.03. The van der Waals surface area contributed by atoms with E-state index in [0.717, 1.165) is 16.7 Å². The molecule has 2 heterocycles. The average Bonchev–Trinajstić information content (AvgIpc) is 3.44. The van der Waals surface area contributed by atoms with E-state index in [9.17, 15) is 18.0 Å². The maximum Gasteiger partial charge on any atom is 0.245 e. The molecule has 2 aliphatic heterocycles. The first-order valence-electron chi connectivity index (χ1n) is 15.6. The van der Waals surface area contributed by atoms with E-state index in [1.165, 1.54) is 16.1 Å². The number of hydrogen-bond acceptors (Lipinski definition) is 6. The molecule has 0 spiro atoms. The topological polar surface area (TPSA) is 102 Å². The third-order valence-electron chi connectivity index (χ3n) is 8.87. The van der Waals surface area contributed by atoms with E-state index in [1.807, 2.05) is 61.5 Å². The number of nitrogens with one attached hydrogen (secondary N) is 2. The third kappa shape index (κ3) is 8.48. The van der Waals surface area contributed by atoms with Gasteiger partial charge in [0.15, 0.2) is 0 Å². The first-order valence-corrected chi connectivity index (χ1v) is 18.2. The SMILES string of the molecule is CCN(CC(c1ccccc1Cl)N1CCN(C(=O)C(Cc2ccc(Cl)cc2)NC(=O)CC2NCc3ccccc32)CC1)S(C)(=O)=O. The number of rotatable bonds is 12. The van der Waals surface area contributed by atoms with Crippen LogP contribution in [0.3, 0.4) is 0 Å². The highest BCUT2D eigenvalue weighted by atomic mass is 35.5. The van der Waals surface area contributed by atoms with Gasteiger partial charge >= 0.3 is 0 Å². The second-order valence-electron chi connectivity index (χ2n) is 11.9. The van der Waals surface area contributed by atoms with Crippen LogP contribution in [0.5, 0.6) is 0 Å². The summed E-state index contributed by atoms with van der Waals surface area (Å²) in [6.07, 6.45) is 1.77. The number of benzene rings is 3. The molecule has 0 radical (unpaired) electrons. The fraction of sp³-hybridized carbons (Fsp3) is 0.412. The summed E-state index contributed by atoms with van der Waals surface area (Å²) in [6.45, 7) is 5.01. The van der Waals surface area contributed by atoms with Gasteiger partial charge in [0.1, 0.15) is 6.04 Å². The number of hydrogen-bond donors (Lipinski definition) is 2. The van der Waals surface area contributed by atoms with Crippen molar-refractivity contribution in [2.24, 2.45) is 0 Å². The normalized spacial score (nSPS) is 18.3. The number of carbonyl (C=O) groups excluding carboxylic acids is 2. The van der Waals surface area contributed by atoms with E-state index < -0.39 is 16.1 Å². The second-order valence-corrected chi connectivity index (χ2v) is 14.7. The summed E-state index contributed by atoms with van der Waals surface area (Å²) >= 11 is 12.7. The van der Waals surface area contributed by atoms with Crippen molar-refractivity contribution < 1.29 is 18.0 Å². The lowest BCUT2D eigenvalue weighted by Crippen LogP contribution is -2.56. The van der Waals surface area contributed by atoms with Crippen LogP contribution in [0.25, 0.3) is 0 Å². The zero-order valence-electron chi connectivity index (χ0n) is 26.2. The van der Waals surface area contributed by atoms with Gasteiger partial charge in [-0.1, -0.05) is 84.7 Å². The molecular formula is C34H41Cl2N5O4S. The van der Waals surface area contributed by atoms with Gasteiger partial charge in [-0.25, -0.2) is 12.7 Å². The summed E-state index contributed by atoms with van der Waals surface area (Å²) in [5.74, 6) is -0.345. The van der Waals surface area contributed by atoms with Gasteiger partial charge < -0.3 is 15.5 Å². The van der Waals surface area contributed by atoms with Crippen molar-refractivity contribution in [3.8, 4) is 0 Å². The summed E-state index contributed by atoms with van der Waals surface area (Å²) in [7, 11) is -3.43. The van der Waals surface area contributed by atoms with E-state index in [1.54, 1.807) is 17.0 Å². The van der Waals surface area contributed by atoms with Crippen LogP contribution in [-0.4, -0.2) is 85.9 Å². The first-order chi connectivity index (χ1) is 22.0. The molecule has 1 fully saturated rings. The minimum absolute atomic E-state index is 0.109. The smallest absolute Gasteiger partial charge is 0.245 e. The molecule has 9 nitrogen and oxygen atoms in total. The van der Waals surface area contributed by atoms with Crippen LogP contribution in [0.15, 0.2) is 72.8 Å². The molecule has 2 N–H and O–H groups in total. The molecule has 3 unspecified atom stereocenters. The summed E-state index contributed by atoms with van der Waals surface area (Å²) in [6, 6.07) is 21.7. The maximum absolute atomic E-state index is 14.0. The fourth-order valence-corrected chi connectivity index (χ4v) is 7.65. The van der Waals surface area contributed by atoms with Crippen molar-refractivity contribution in [2.45, 2.75) is 44.4 Å². The number of likely N-dealkylation sites (N-methyl/N-ethyl adjacent to an activating group) is 1. The minimum atomic E-state index is -3.43. The molecular weight excluding hydrogens is 645 g/mol. The molecule has 246 valence electrons. The number of carbonyl (C=O) groups is 2. The molecule has 2 aliphatic rings. The molecule has 3 atom stereocenters. The van der Waals surface area contributed by atoms with Gasteiger partial charge in [-0.15, -0.1) is 0 Å². The summed E-state index contributed by atoms with van der Waals surface area (Å²) in [5, 5.41) is 7.62. The van der Waals surface area contributed by atoms with Crippen molar-refractivity contribution in [1.29, 1.82) is 0 Å². The fourth-order valence-electron chi connectivity index (χ4n) is 6.38. The van der Waals surface area contributed by atoms with E-state index in [4.69, 9.17) is 23.2 Å². The van der Waals surface area contributed by atoms with E-state index >= 15 is 0 Å². The lowest BCUT2D eigenvalue weighted by atomic mass is 10.0. The van der Waals surface area contributed by atoms with E-state index in [2.05, 4.69) is 21.6 Å². The number of halogens is 2.